The normalized spacial score (nSPS) is 12.2. The zero-order valence-electron chi connectivity index (χ0n) is 17.9. The van der Waals surface area contributed by atoms with Crippen LogP contribution in [0.3, 0.4) is 0 Å². The van der Waals surface area contributed by atoms with Crippen LogP contribution >= 0.6 is 0 Å². The van der Waals surface area contributed by atoms with E-state index in [4.69, 9.17) is 4.74 Å². The predicted molar refractivity (Wildman–Crippen MR) is 123 cm³/mol. The van der Waals surface area contributed by atoms with Crippen LogP contribution in [-0.4, -0.2) is 135 Å². The molecule has 33 heavy (non-hydrogen) atoms. The molecule has 0 aliphatic rings. The van der Waals surface area contributed by atoms with Crippen molar-refractivity contribution in [1.82, 2.24) is 0 Å². The van der Waals surface area contributed by atoms with Crippen molar-refractivity contribution < 1.29 is 43.6 Å². The Morgan fingerprint density at radius 3 is 1.21 bits per heavy atom. The molecule has 0 fully saturated rings. The van der Waals surface area contributed by atoms with Gasteiger partial charge in [0.25, 0.3) is 30.4 Å². The van der Waals surface area contributed by atoms with Crippen molar-refractivity contribution >= 4 is 151 Å². The molecule has 0 aliphatic carbocycles. The van der Waals surface area contributed by atoms with Crippen LogP contribution in [0.25, 0.3) is 32.3 Å². The van der Waals surface area contributed by atoms with Gasteiger partial charge in [-0.1, -0.05) is 18.2 Å². The van der Waals surface area contributed by atoms with Crippen LogP contribution in [0.5, 0.6) is 5.75 Å². The van der Waals surface area contributed by atoms with Crippen LogP contribution in [0.1, 0.15) is 0 Å². The minimum absolute atomic E-state index is 0. The number of ether oxygens (including phenoxy) is 1. The van der Waals surface area contributed by atoms with Crippen molar-refractivity contribution in [3.63, 3.8) is 0 Å². The molecule has 0 saturated heterocycles. The van der Waals surface area contributed by atoms with E-state index in [1.165, 1.54) is 31.4 Å². The second kappa shape index (κ2) is 10.4. The van der Waals surface area contributed by atoms with E-state index >= 15 is 0 Å². The molecular weight excluding hydrogens is 529 g/mol. The van der Waals surface area contributed by atoms with Gasteiger partial charge in [0.1, 0.15) is 20.4 Å². The van der Waals surface area contributed by atoms with Gasteiger partial charge < -0.3 is 4.74 Å². The molecule has 0 atom stereocenters. The molecule has 0 amide bonds. The fourth-order valence-electron chi connectivity index (χ4n) is 3.68. The third-order valence-corrected chi connectivity index (χ3v) is 7.48. The third kappa shape index (κ3) is 5.43. The van der Waals surface area contributed by atoms with Gasteiger partial charge in [-0.05, 0) is 12.1 Å². The summed E-state index contributed by atoms with van der Waals surface area (Å²) in [4.78, 5) is -2.14. The van der Waals surface area contributed by atoms with Gasteiger partial charge in [-0.25, -0.2) is 0 Å². The molecule has 0 unspecified atom stereocenters. The number of methoxy groups -OCH3 is 1. The molecule has 3 radical (unpaired) electrons. The molecule has 16 heteroatoms. The minimum atomic E-state index is -4.94. The molecule has 161 valence electrons. The fourth-order valence-corrected chi connectivity index (χ4v) is 5.88. The summed E-state index contributed by atoms with van der Waals surface area (Å²) in [6, 6.07) is 6.77. The van der Waals surface area contributed by atoms with Crippen molar-refractivity contribution in [2.45, 2.75) is 14.7 Å². The van der Waals surface area contributed by atoms with Gasteiger partial charge in [-0.3, -0.25) is 13.7 Å². The summed E-state index contributed by atoms with van der Waals surface area (Å²) in [5.74, 6) is 0.00943. The number of hydrogen-bond acceptors (Lipinski definition) is 7. The summed E-state index contributed by atoms with van der Waals surface area (Å²) in [5, 5.41) is 0.0101. The minimum Gasteiger partial charge on any atom is -0.496 e. The maximum absolute atomic E-state index is 11.9. The first-order valence-corrected chi connectivity index (χ1v) is 12.3. The van der Waals surface area contributed by atoms with E-state index in [1.54, 1.807) is 0 Å². The maximum Gasteiger partial charge on any atom is 0.295 e. The molecule has 3 N–H and O–H groups in total. The van der Waals surface area contributed by atoms with Crippen molar-refractivity contribution in [1.29, 1.82) is 0 Å². The molecule has 4 rings (SSSR count). The number of rotatable bonds is 4. The Kier molecular flexibility index (Phi) is 9.96. The van der Waals surface area contributed by atoms with E-state index in [2.05, 4.69) is 0 Å². The Morgan fingerprint density at radius 2 is 0.879 bits per heavy atom. The molecule has 4 aromatic rings. The van der Waals surface area contributed by atoms with Crippen LogP contribution in [0.4, 0.5) is 0 Å². The molecule has 0 saturated carbocycles. The molecule has 0 aromatic heterocycles. The first-order chi connectivity index (χ1) is 13.7. The van der Waals surface area contributed by atoms with Gasteiger partial charge in [0.05, 0.1) is 7.11 Å². The zero-order chi connectivity index (χ0) is 22.2. The molecule has 0 aliphatic heterocycles. The Labute approximate surface area is 255 Å². The average Bonchev–Trinajstić information content (AvgIpc) is 2.62. The van der Waals surface area contributed by atoms with Crippen LogP contribution in [0, 0.1) is 0 Å². The van der Waals surface area contributed by atoms with Crippen molar-refractivity contribution in [2.24, 2.45) is 0 Å². The van der Waals surface area contributed by atoms with Gasteiger partial charge in [-0.15, -0.1) is 0 Å². The summed E-state index contributed by atoms with van der Waals surface area (Å²) < 4.78 is 106. The van der Waals surface area contributed by atoms with E-state index in [9.17, 15) is 38.9 Å². The van der Waals surface area contributed by atoms with Crippen LogP contribution in [0.2, 0.25) is 0 Å². The van der Waals surface area contributed by atoms with Crippen molar-refractivity contribution in [2.75, 3.05) is 7.11 Å². The van der Waals surface area contributed by atoms with Gasteiger partial charge in [0.2, 0.25) is 0 Å². The maximum atomic E-state index is 11.9. The Morgan fingerprint density at radius 1 is 0.576 bits per heavy atom. The summed E-state index contributed by atoms with van der Waals surface area (Å²) in [5.41, 5.74) is 0. The second-order valence-electron chi connectivity index (χ2n) is 6.45. The quantitative estimate of drug-likeness (QED) is 0.194. The fraction of sp³-hybridized carbons (Fsp3) is 0.0588. The Hall–Kier alpha value is 0.450. The zero-order valence-corrected chi connectivity index (χ0v) is 26.3. The van der Waals surface area contributed by atoms with E-state index in [1.807, 2.05) is 0 Å². The number of hydrogen-bond donors (Lipinski definition) is 3. The van der Waals surface area contributed by atoms with Gasteiger partial charge >= 0.3 is 0 Å². The molecule has 0 spiro atoms. The predicted octanol–water partition coefficient (Wildman–Crippen LogP) is 1.19. The van der Waals surface area contributed by atoms with Crippen molar-refractivity contribution in [3.05, 3.63) is 36.4 Å². The molecular formula is C17H12Na3O10S3. The van der Waals surface area contributed by atoms with E-state index in [-0.39, 0.29) is 127 Å². The summed E-state index contributed by atoms with van der Waals surface area (Å²) >= 11 is 0. The van der Waals surface area contributed by atoms with Gasteiger partial charge in [0, 0.05) is 127 Å². The topological polar surface area (TPSA) is 172 Å². The molecule has 0 heterocycles. The first kappa shape index (κ1) is 31.5. The Bertz CT molecular complexity index is 1650. The standard InChI is InChI=1S/C17H12O10S3.3Na/c1-27-12-6-13(28(18,19)20)9-4-5-11-15(30(24,25)26)7-14(29(21,22)23)10-3-2-8(12)16(9)17(10)11;;;/h2-7H,1H3,(H,18,19,20)(H,21,22,23)(H,24,25,26);;;. The summed E-state index contributed by atoms with van der Waals surface area (Å²) in [7, 11) is -13.4. The molecule has 10 nitrogen and oxygen atoms in total. The Balaban J connectivity index is 0.00000181. The largest absolute Gasteiger partial charge is 0.496 e. The second-order valence-corrected chi connectivity index (χ2v) is 10.6. The van der Waals surface area contributed by atoms with E-state index in [0.717, 1.165) is 6.07 Å². The van der Waals surface area contributed by atoms with Crippen LogP contribution in [0.15, 0.2) is 51.1 Å². The van der Waals surface area contributed by atoms with E-state index < -0.39 is 45.0 Å². The van der Waals surface area contributed by atoms with E-state index in [0.29, 0.717) is 6.07 Å². The molecule has 0 bridgehead atoms. The molecule has 4 aromatic carbocycles. The monoisotopic (exact) mass is 541 g/mol. The van der Waals surface area contributed by atoms with Crippen LogP contribution in [-0.2, 0) is 30.4 Å². The smallest absolute Gasteiger partial charge is 0.295 e. The van der Waals surface area contributed by atoms with Gasteiger partial charge in [-0.2, -0.15) is 25.3 Å². The summed E-state index contributed by atoms with van der Waals surface area (Å²) in [6.45, 7) is 0. The summed E-state index contributed by atoms with van der Waals surface area (Å²) in [6.07, 6.45) is 0. The number of benzene rings is 4. The van der Waals surface area contributed by atoms with Crippen LogP contribution < -0.4 is 4.74 Å². The SMILES string of the molecule is COc1cc(S(=O)(=O)O)c2ccc3c(S(=O)(=O)O)cc(S(=O)(=O)O)c4ccc1c2c43.[Na].[Na].[Na]. The van der Waals surface area contributed by atoms with Crippen molar-refractivity contribution in [3.8, 4) is 5.75 Å². The third-order valence-electron chi connectivity index (χ3n) is 4.80. The van der Waals surface area contributed by atoms with Gasteiger partial charge in [0.15, 0.2) is 0 Å². The average molecular weight is 541 g/mol. The first-order valence-electron chi connectivity index (χ1n) is 8.00.